The van der Waals surface area contributed by atoms with E-state index in [-0.39, 0.29) is 12.3 Å². The summed E-state index contributed by atoms with van der Waals surface area (Å²) in [4.78, 5) is 13.3. The van der Waals surface area contributed by atoms with Gasteiger partial charge in [-0.3, -0.25) is 14.4 Å². The van der Waals surface area contributed by atoms with E-state index >= 15 is 0 Å². The van der Waals surface area contributed by atoms with Crippen molar-refractivity contribution in [1.82, 2.24) is 14.7 Å². The number of hydrogen-bond acceptors (Lipinski definition) is 3. The topological polar surface area (TPSA) is 58.4 Å². The number of likely N-dealkylation sites (tertiary alicyclic amines) is 1. The van der Waals surface area contributed by atoms with Gasteiger partial charge in [-0.2, -0.15) is 5.10 Å². The molecule has 0 bridgehead atoms. The van der Waals surface area contributed by atoms with Crippen LogP contribution in [-0.2, 0) is 11.8 Å². The lowest BCUT2D eigenvalue weighted by Crippen LogP contribution is -2.39. The molecule has 2 heterocycles. The first-order chi connectivity index (χ1) is 9.47. The number of carboxylic acid groups (broad SMARTS) is 1. The number of aryl methyl sites for hydroxylation is 1. The van der Waals surface area contributed by atoms with Crippen LogP contribution in [0, 0.1) is 11.8 Å². The van der Waals surface area contributed by atoms with Crippen molar-refractivity contribution in [3.05, 3.63) is 18.0 Å². The molecule has 0 saturated carbocycles. The van der Waals surface area contributed by atoms with E-state index in [2.05, 4.69) is 30.0 Å². The molecule has 2 rings (SSSR count). The summed E-state index contributed by atoms with van der Waals surface area (Å²) in [7, 11) is 1.93. The van der Waals surface area contributed by atoms with Crippen molar-refractivity contribution >= 4 is 5.97 Å². The predicted octanol–water partition coefficient (Wildman–Crippen LogP) is 2.30. The summed E-state index contributed by atoms with van der Waals surface area (Å²) >= 11 is 0. The van der Waals surface area contributed by atoms with Crippen LogP contribution in [0.5, 0.6) is 0 Å². The molecule has 1 aromatic heterocycles. The summed E-state index contributed by atoms with van der Waals surface area (Å²) in [6.45, 7) is 6.36. The molecule has 0 aliphatic carbocycles. The lowest BCUT2D eigenvalue weighted by Gasteiger charge is -2.38. The van der Waals surface area contributed by atoms with Gasteiger partial charge in [0.05, 0.1) is 6.20 Å². The zero-order chi connectivity index (χ0) is 14.7. The average molecular weight is 279 g/mol. The molecule has 1 aliphatic heterocycles. The molecule has 1 aromatic rings. The predicted molar refractivity (Wildman–Crippen MR) is 77.3 cm³/mol. The van der Waals surface area contributed by atoms with Gasteiger partial charge in [0.1, 0.15) is 0 Å². The number of rotatable bonds is 5. The Labute approximate surface area is 120 Å². The van der Waals surface area contributed by atoms with E-state index in [0.29, 0.717) is 12.0 Å². The van der Waals surface area contributed by atoms with Crippen LogP contribution in [0.2, 0.25) is 0 Å². The number of nitrogens with zero attached hydrogens (tertiary/aromatic N) is 3. The van der Waals surface area contributed by atoms with Crippen LogP contribution in [-0.4, -0.2) is 38.8 Å². The Morgan fingerprint density at radius 2 is 2.30 bits per heavy atom. The lowest BCUT2D eigenvalue weighted by molar-refractivity contribution is -0.138. The van der Waals surface area contributed by atoms with Gasteiger partial charge in [0.25, 0.3) is 0 Å². The monoisotopic (exact) mass is 279 g/mol. The van der Waals surface area contributed by atoms with Crippen molar-refractivity contribution in [2.75, 3.05) is 13.1 Å². The van der Waals surface area contributed by atoms with E-state index in [4.69, 9.17) is 5.11 Å². The van der Waals surface area contributed by atoms with Crippen molar-refractivity contribution in [1.29, 1.82) is 0 Å². The van der Waals surface area contributed by atoms with Crippen LogP contribution in [0.15, 0.2) is 12.4 Å². The van der Waals surface area contributed by atoms with Gasteiger partial charge in [-0.1, -0.05) is 6.92 Å². The standard InChI is InChI=1S/C15H25N3O2/c1-11(7-15(19)20)13-5-4-6-18(10-13)12(2)14-8-16-17(3)9-14/h8-9,11-13H,4-7,10H2,1-3H3,(H,19,20). The molecule has 1 fully saturated rings. The van der Waals surface area contributed by atoms with Crippen LogP contribution < -0.4 is 0 Å². The van der Waals surface area contributed by atoms with Crippen molar-refractivity contribution in [2.45, 2.75) is 39.2 Å². The quantitative estimate of drug-likeness (QED) is 0.898. The number of aromatic nitrogens is 2. The third kappa shape index (κ3) is 3.60. The summed E-state index contributed by atoms with van der Waals surface area (Å²) in [5, 5.41) is 13.2. The van der Waals surface area contributed by atoms with Crippen molar-refractivity contribution in [3.8, 4) is 0 Å². The Hall–Kier alpha value is -1.36. The van der Waals surface area contributed by atoms with Gasteiger partial charge >= 0.3 is 5.97 Å². The third-order valence-corrected chi connectivity index (χ3v) is 4.55. The van der Waals surface area contributed by atoms with E-state index in [0.717, 1.165) is 25.9 Å². The van der Waals surface area contributed by atoms with Crippen molar-refractivity contribution in [2.24, 2.45) is 18.9 Å². The minimum atomic E-state index is -0.685. The molecule has 5 nitrogen and oxygen atoms in total. The first-order valence-corrected chi connectivity index (χ1v) is 7.41. The Balaban J connectivity index is 1.97. The molecule has 3 unspecified atom stereocenters. The van der Waals surface area contributed by atoms with Gasteiger partial charge in [0.15, 0.2) is 0 Å². The van der Waals surface area contributed by atoms with Crippen LogP contribution in [0.25, 0.3) is 0 Å². The van der Waals surface area contributed by atoms with Gasteiger partial charge in [-0.15, -0.1) is 0 Å². The van der Waals surface area contributed by atoms with E-state index in [9.17, 15) is 4.79 Å². The summed E-state index contributed by atoms with van der Waals surface area (Å²) in [5.41, 5.74) is 1.24. The first-order valence-electron chi connectivity index (χ1n) is 7.41. The van der Waals surface area contributed by atoms with Crippen molar-refractivity contribution in [3.63, 3.8) is 0 Å². The molecule has 112 valence electrons. The maximum absolute atomic E-state index is 10.9. The minimum absolute atomic E-state index is 0.247. The highest BCUT2D eigenvalue weighted by atomic mass is 16.4. The Kier molecular flexibility index (Phi) is 4.81. The summed E-state index contributed by atoms with van der Waals surface area (Å²) < 4.78 is 1.83. The van der Waals surface area contributed by atoms with Crippen molar-refractivity contribution < 1.29 is 9.90 Å². The molecule has 0 amide bonds. The maximum Gasteiger partial charge on any atom is 0.303 e. The number of aliphatic carboxylic acids is 1. The Morgan fingerprint density at radius 1 is 1.55 bits per heavy atom. The first kappa shape index (κ1) is 15.0. The van der Waals surface area contributed by atoms with Crippen LogP contribution in [0.3, 0.4) is 0 Å². The molecule has 1 N–H and O–H groups in total. The van der Waals surface area contributed by atoms with E-state index in [1.807, 2.05) is 17.9 Å². The fourth-order valence-corrected chi connectivity index (χ4v) is 3.17. The highest BCUT2D eigenvalue weighted by Crippen LogP contribution is 2.31. The smallest absolute Gasteiger partial charge is 0.303 e. The Morgan fingerprint density at radius 3 is 2.90 bits per heavy atom. The van der Waals surface area contributed by atoms with Gasteiger partial charge < -0.3 is 5.11 Å². The zero-order valence-electron chi connectivity index (χ0n) is 12.6. The molecule has 0 aromatic carbocycles. The third-order valence-electron chi connectivity index (χ3n) is 4.55. The Bertz CT molecular complexity index is 458. The summed E-state index contributed by atoms with van der Waals surface area (Å²) in [5.74, 6) is 0.0466. The second-order valence-corrected chi connectivity index (χ2v) is 6.10. The molecule has 1 saturated heterocycles. The number of carboxylic acids is 1. The summed E-state index contributed by atoms with van der Waals surface area (Å²) in [6, 6.07) is 0.350. The van der Waals surface area contributed by atoms with E-state index in [1.165, 1.54) is 5.56 Å². The maximum atomic E-state index is 10.9. The fraction of sp³-hybridized carbons (Fsp3) is 0.733. The number of carbonyl (C=O) groups is 1. The van der Waals surface area contributed by atoms with Gasteiger partial charge in [0, 0.05) is 37.8 Å². The highest BCUT2D eigenvalue weighted by Gasteiger charge is 2.28. The molecule has 5 heteroatoms. The number of piperidine rings is 1. The molecule has 0 radical (unpaired) electrons. The minimum Gasteiger partial charge on any atom is -0.481 e. The van der Waals surface area contributed by atoms with Gasteiger partial charge in [0.2, 0.25) is 0 Å². The molecule has 20 heavy (non-hydrogen) atoms. The van der Waals surface area contributed by atoms with E-state index in [1.54, 1.807) is 0 Å². The van der Waals surface area contributed by atoms with Crippen LogP contribution >= 0.6 is 0 Å². The highest BCUT2D eigenvalue weighted by molar-refractivity contribution is 5.67. The van der Waals surface area contributed by atoms with Gasteiger partial charge in [-0.25, -0.2) is 0 Å². The summed E-state index contributed by atoms with van der Waals surface area (Å²) in [6.07, 6.45) is 6.56. The molecule has 3 atom stereocenters. The molecular formula is C15H25N3O2. The van der Waals surface area contributed by atoms with E-state index < -0.39 is 5.97 Å². The molecule has 0 spiro atoms. The normalized spacial score (nSPS) is 23.4. The van der Waals surface area contributed by atoms with Crippen LogP contribution in [0.1, 0.15) is 44.7 Å². The lowest BCUT2D eigenvalue weighted by atomic mass is 9.84. The second kappa shape index (κ2) is 6.39. The average Bonchev–Trinajstić information content (AvgIpc) is 2.84. The second-order valence-electron chi connectivity index (χ2n) is 6.10. The fourth-order valence-electron chi connectivity index (χ4n) is 3.17. The molecule has 1 aliphatic rings. The number of hydrogen-bond donors (Lipinski definition) is 1. The molecular weight excluding hydrogens is 254 g/mol. The largest absolute Gasteiger partial charge is 0.481 e. The van der Waals surface area contributed by atoms with Gasteiger partial charge in [-0.05, 0) is 38.1 Å². The SMILES string of the molecule is CC(CC(=O)O)C1CCCN(C(C)c2cnn(C)c2)C1. The zero-order valence-corrected chi connectivity index (χ0v) is 12.6. The van der Waals surface area contributed by atoms with Crippen LogP contribution in [0.4, 0.5) is 0 Å².